The number of hydrogen-bond donors (Lipinski definition) is 1. The molecule has 0 aromatic heterocycles. The van der Waals surface area contributed by atoms with E-state index in [1.54, 1.807) is 0 Å². The van der Waals surface area contributed by atoms with Crippen molar-refractivity contribution in [1.29, 1.82) is 0 Å². The van der Waals surface area contributed by atoms with E-state index in [0.717, 1.165) is 23.8 Å². The topological polar surface area (TPSA) is 38.3 Å². The lowest BCUT2D eigenvalue weighted by Gasteiger charge is -2.22. The van der Waals surface area contributed by atoms with Crippen molar-refractivity contribution < 1.29 is 18.3 Å². The molecular formula is C22H25F2NO2. The lowest BCUT2D eigenvalue weighted by atomic mass is 9.87. The van der Waals surface area contributed by atoms with Crippen molar-refractivity contribution in [1.82, 2.24) is 5.32 Å². The van der Waals surface area contributed by atoms with E-state index in [-0.39, 0.29) is 17.7 Å². The van der Waals surface area contributed by atoms with Gasteiger partial charge >= 0.3 is 0 Å². The molecule has 2 aromatic rings. The van der Waals surface area contributed by atoms with Crippen molar-refractivity contribution in [2.75, 3.05) is 13.2 Å². The molecule has 0 bridgehead atoms. The predicted octanol–water partition coefficient (Wildman–Crippen LogP) is 4.39. The zero-order valence-electron chi connectivity index (χ0n) is 15.9. The van der Waals surface area contributed by atoms with Gasteiger partial charge < -0.3 is 10.1 Å². The largest absolute Gasteiger partial charge is 0.494 e. The van der Waals surface area contributed by atoms with E-state index in [2.05, 4.69) is 5.32 Å². The van der Waals surface area contributed by atoms with E-state index in [1.807, 2.05) is 45.0 Å². The Morgan fingerprint density at radius 2 is 1.81 bits per heavy atom. The highest BCUT2D eigenvalue weighted by molar-refractivity contribution is 5.78. The minimum atomic E-state index is -0.593. The number of amides is 1. The molecule has 1 saturated carbocycles. The molecule has 3 rings (SSSR count). The SMILES string of the molecule is CCOc1ccc(CC(=O)NCC2(c3ccc(F)cc3F)CC2(C)C)cc1. The molecule has 1 aliphatic rings. The molecule has 0 heterocycles. The first-order valence-electron chi connectivity index (χ1n) is 9.21. The molecule has 3 nitrogen and oxygen atoms in total. The summed E-state index contributed by atoms with van der Waals surface area (Å²) in [7, 11) is 0. The first kappa shape index (κ1) is 19.3. The maximum absolute atomic E-state index is 14.3. The van der Waals surface area contributed by atoms with Crippen LogP contribution in [0.15, 0.2) is 42.5 Å². The number of halogens is 2. The lowest BCUT2D eigenvalue weighted by molar-refractivity contribution is -0.120. The Hall–Kier alpha value is -2.43. The summed E-state index contributed by atoms with van der Waals surface area (Å²) >= 11 is 0. The van der Waals surface area contributed by atoms with Gasteiger partial charge in [-0.1, -0.05) is 32.0 Å². The van der Waals surface area contributed by atoms with Crippen LogP contribution in [-0.4, -0.2) is 19.1 Å². The molecule has 144 valence electrons. The van der Waals surface area contributed by atoms with Gasteiger partial charge in [0.25, 0.3) is 0 Å². The number of hydrogen-bond acceptors (Lipinski definition) is 2. The van der Waals surface area contributed by atoms with Crippen LogP contribution in [0.1, 0.15) is 38.3 Å². The van der Waals surface area contributed by atoms with Gasteiger partial charge in [0, 0.05) is 18.0 Å². The molecule has 1 atom stereocenters. The predicted molar refractivity (Wildman–Crippen MR) is 101 cm³/mol. The minimum absolute atomic E-state index is 0.122. The quantitative estimate of drug-likeness (QED) is 0.782. The number of benzene rings is 2. The zero-order chi connectivity index (χ0) is 19.7. The molecule has 1 N–H and O–H groups in total. The van der Waals surface area contributed by atoms with Crippen LogP contribution in [0, 0.1) is 17.0 Å². The maximum Gasteiger partial charge on any atom is 0.224 e. The van der Waals surface area contributed by atoms with Crippen LogP contribution in [0.5, 0.6) is 5.75 Å². The molecule has 0 aliphatic heterocycles. The average molecular weight is 373 g/mol. The second-order valence-electron chi connectivity index (χ2n) is 7.80. The number of ether oxygens (including phenoxy) is 1. The first-order valence-corrected chi connectivity index (χ1v) is 9.21. The molecule has 5 heteroatoms. The highest BCUT2D eigenvalue weighted by atomic mass is 19.1. The van der Waals surface area contributed by atoms with Crippen LogP contribution in [0.2, 0.25) is 0 Å². The highest BCUT2D eigenvalue weighted by Gasteiger charge is 2.62. The smallest absolute Gasteiger partial charge is 0.224 e. The van der Waals surface area contributed by atoms with Crippen molar-refractivity contribution in [3.05, 3.63) is 65.2 Å². The minimum Gasteiger partial charge on any atom is -0.494 e. The fourth-order valence-corrected chi connectivity index (χ4v) is 3.81. The average Bonchev–Trinajstić information content (AvgIpc) is 3.17. The Morgan fingerprint density at radius 3 is 2.37 bits per heavy atom. The molecule has 0 spiro atoms. The Morgan fingerprint density at radius 1 is 1.15 bits per heavy atom. The van der Waals surface area contributed by atoms with Crippen molar-refractivity contribution in [3.63, 3.8) is 0 Å². The van der Waals surface area contributed by atoms with Gasteiger partial charge in [0.15, 0.2) is 0 Å². The molecule has 0 radical (unpaired) electrons. The molecule has 1 unspecified atom stereocenters. The summed E-state index contributed by atoms with van der Waals surface area (Å²) in [4.78, 5) is 12.4. The fraction of sp³-hybridized carbons (Fsp3) is 0.409. The van der Waals surface area contributed by atoms with Crippen molar-refractivity contribution >= 4 is 5.91 Å². The molecule has 1 fully saturated rings. The third kappa shape index (κ3) is 3.97. The van der Waals surface area contributed by atoms with E-state index in [9.17, 15) is 13.6 Å². The third-order valence-electron chi connectivity index (χ3n) is 5.55. The van der Waals surface area contributed by atoms with Gasteiger partial charge in [-0.2, -0.15) is 0 Å². The second kappa shape index (κ2) is 7.29. The van der Waals surface area contributed by atoms with E-state index < -0.39 is 17.0 Å². The molecule has 1 aliphatic carbocycles. The van der Waals surface area contributed by atoms with E-state index in [0.29, 0.717) is 18.7 Å². The molecule has 1 amide bonds. The van der Waals surface area contributed by atoms with Gasteiger partial charge in [-0.15, -0.1) is 0 Å². The van der Waals surface area contributed by atoms with Gasteiger partial charge in [0.2, 0.25) is 5.91 Å². The van der Waals surface area contributed by atoms with Gasteiger partial charge in [0.1, 0.15) is 17.4 Å². The first-order chi connectivity index (χ1) is 12.8. The van der Waals surface area contributed by atoms with Gasteiger partial charge in [-0.05, 0) is 48.1 Å². The molecular weight excluding hydrogens is 348 g/mol. The number of carbonyl (C=O) groups is 1. The monoisotopic (exact) mass is 373 g/mol. The van der Waals surface area contributed by atoms with Crippen molar-refractivity contribution in [3.8, 4) is 5.75 Å². The summed E-state index contributed by atoms with van der Waals surface area (Å²) in [5.74, 6) is -0.499. The van der Waals surface area contributed by atoms with Crippen LogP contribution in [0.3, 0.4) is 0 Å². The Balaban J connectivity index is 1.66. The maximum atomic E-state index is 14.3. The van der Waals surface area contributed by atoms with Crippen LogP contribution in [0.25, 0.3) is 0 Å². The van der Waals surface area contributed by atoms with Gasteiger partial charge in [-0.25, -0.2) is 8.78 Å². The number of nitrogens with one attached hydrogen (secondary N) is 1. The standard InChI is InChI=1S/C22H25F2NO2/c1-4-27-17-8-5-15(6-9-17)11-20(26)25-14-22(13-21(22,2)3)18-10-7-16(23)12-19(18)24/h5-10,12H,4,11,13-14H2,1-3H3,(H,25,26). The van der Waals surface area contributed by atoms with Crippen LogP contribution in [-0.2, 0) is 16.6 Å². The van der Waals surface area contributed by atoms with E-state index in [1.165, 1.54) is 12.1 Å². The van der Waals surface area contributed by atoms with E-state index >= 15 is 0 Å². The summed E-state index contributed by atoms with van der Waals surface area (Å²) in [5, 5.41) is 2.94. The second-order valence-corrected chi connectivity index (χ2v) is 7.80. The summed E-state index contributed by atoms with van der Waals surface area (Å²) < 4.78 is 33.0. The summed E-state index contributed by atoms with van der Waals surface area (Å²) in [5.41, 5.74) is 0.695. The van der Waals surface area contributed by atoms with E-state index in [4.69, 9.17) is 4.74 Å². The van der Waals surface area contributed by atoms with Gasteiger partial charge in [0.05, 0.1) is 13.0 Å². The van der Waals surface area contributed by atoms with Gasteiger partial charge in [-0.3, -0.25) is 4.79 Å². The fourth-order valence-electron chi connectivity index (χ4n) is 3.81. The summed E-state index contributed by atoms with van der Waals surface area (Å²) in [6.45, 7) is 6.92. The third-order valence-corrected chi connectivity index (χ3v) is 5.55. The Labute approximate surface area is 158 Å². The van der Waals surface area contributed by atoms with Crippen LogP contribution >= 0.6 is 0 Å². The molecule has 0 saturated heterocycles. The van der Waals surface area contributed by atoms with Crippen LogP contribution in [0.4, 0.5) is 8.78 Å². The van der Waals surface area contributed by atoms with Crippen molar-refractivity contribution in [2.45, 2.75) is 39.0 Å². The Kier molecular flexibility index (Phi) is 5.22. The molecule has 27 heavy (non-hydrogen) atoms. The highest BCUT2D eigenvalue weighted by Crippen LogP contribution is 2.64. The Bertz CT molecular complexity index is 833. The number of carbonyl (C=O) groups excluding carboxylic acids is 1. The van der Waals surface area contributed by atoms with Crippen molar-refractivity contribution in [2.24, 2.45) is 5.41 Å². The number of rotatable bonds is 7. The zero-order valence-corrected chi connectivity index (χ0v) is 15.9. The lowest BCUT2D eigenvalue weighted by Crippen LogP contribution is -2.36. The van der Waals surface area contributed by atoms with Crippen LogP contribution < -0.4 is 10.1 Å². The molecule has 2 aromatic carbocycles. The summed E-state index contributed by atoms with van der Waals surface area (Å²) in [6.07, 6.45) is 0.987. The normalized spacial score (nSPS) is 20.2. The summed E-state index contributed by atoms with van der Waals surface area (Å²) in [6, 6.07) is 11.1.